The van der Waals surface area contributed by atoms with Crippen molar-refractivity contribution in [3.63, 3.8) is 0 Å². The Labute approximate surface area is 186 Å². The van der Waals surface area contributed by atoms with E-state index in [1.807, 2.05) is 47.3 Å². The van der Waals surface area contributed by atoms with Gasteiger partial charge in [-0.2, -0.15) is 9.63 Å². The number of likely N-dealkylation sites (tertiary alicyclic amines) is 1. The van der Waals surface area contributed by atoms with Crippen LogP contribution < -0.4 is 21.5 Å². The van der Waals surface area contributed by atoms with Crippen molar-refractivity contribution < 1.29 is 40.8 Å². The lowest BCUT2D eigenvalue weighted by Crippen LogP contribution is -3.00. The first-order valence-electron chi connectivity index (χ1n) is 9.76. The van der Waals surface area contributed by atoms with Gasteiger partial charge in [0, 0.05) is 31.1 Å². The number of benzene rings is 1. The number of pyridine rings is 1. The number of halogens is 1. The number of amides is 3. The van der Waals surface area contributed by atoms with Crippen LogP contribution >= 0.6 is 0 Å². The number of nitrogens with zero attached hydrogens (tertiary/aromatic N) is 3. The molecule has 1 aromatic carbocycles. The zero-order valence-corrected chi connectivity index (χ0v) is 18.4. The van der Waals surface area contributed by atoms with Gasteiger partial charge >= 0.3 is 0 Å². The molecule has 4 rings (SSSR count). The lowest BCUT2D eigenvalue weighted by molar-refractivity contribution is -0.688. The first-order valence-corrected chi connectivity index (χ1v) is 9.76. The fourth-order valence-electron chi connectivity index (χ4n) is 4.20. The molecule has 7 nitrogen and oxygen atoms in total. The molecule has 2 aromatic rings. The first kappa shape index (κ1) is 22.1. The van der Waals surface area contributed by atoms with Gasteiger partial charge in [-0.25, -0.2) is 0 Å². The smallest absolute Gasteiger partial charge is 0.260 e. The van der Waals surface area contributed by atoms with Crippen LogP contribution in [0.25, 0.3) is 0 Å². The third kappa shape index (κ3) is 4.15. The minimum absolute atomic E-state index is 0. The molecule has 0 radical (unpaired) electrons. The molecule has 3 heterocycles. The van der Waals surface area contributed by atoms with Gasteiger partial charge in [0.2, 0.25) is 0 Å². The third-order valence-electron chi connectivity index (χ3n) is 5.86. The summed E-state index contributed by atoms with van der Waals surface area (Å²) in [5, 5.41) is 0.862. The summed E-state index contributed by atoms with van der Waals surface area (Å²) in [4.78, 5) is 44.3. The number of carbonyl (C=O) groups excluding carboxylic acids is 3. The Morgan fingerprint density at radius 3 is 2.43 bits per heavy atom. The zero-order chi connectivity index (χ0) is 20.4. The Hall–Kier alpha value is -2.58. The second kappa shape index (κ2) is 9.06. The summed E-state index contributed by atoms with van der Waals surface area (Å²) in [6, 6.07) is 13.8. The highest BCUT2D eigenvalue weighted by atomic mass is 79.9. The number of hydroxylamine groups is 2. The van der Waals surface area contributed by atoms with Crippen LogP contribution in [0.5, 0.6) is 0 Å². The molecule has 30 heavy (non-hydrogen) atoms. The highest BCUT2D eigenvalue weighted by molar-refractivity contribution is 6.05. The molecule has 0 bridgehead atoms. The van der Waals surface area contributed by atoms with E-state index >= 15 is 0 Å². The van der Waals surface area contributed by atoms with Crippen LogP contribution in [-0.2, 0) is 21.0 Å². The zero-order valence-electron chi connectivity index (χ0n) is 16.8. The van der Waals surface area contributed by atoms with E-state index < -0.39 is 5.41 Å². The first-order chi connectivity index (χ1) is 14.0. The molecule has 2 saturated heterocycles. The minimum atomic E-state index is -0.728. The predicted molar refractivity (Wildman–Crippen MR) is 103 cm³/mol. The third-order valence-corrected chi connectivity index (χ3v) is 5.86. The number of aromatic nitrogens is 1. The monoisotopic (exact) mass is 473 g/mol. The van der Waals surface area contributed by atoms with Gasteiger partial charge < -0.3 is 21.9 Å². The van der Waals surface area contributed by atoms with Gasteiger partial charge in [-0.3, -0.25) is 19.2 Å². The quantitative estimate of drug-likeness (QED) is 0.403. The van der Waals surface area contributed by atoms with Gasteiger partial charge in [0.1, 0.15) is 5.56 Å². The summed E-state index contributed by atoms with van der Waals surface area (Å²) in [6.07, 6.45) is 4.90. The summed E-state index contributed by atoms with van der Waals surface area (Å²) in [5.74, 6) is -0.637. The van der Waals surface area contributed by atoms with Crippen LogP contribution in [0.15, 0.2) is 54.9 Å². The van der Waals surface area contributed by atoms with Crippen LogP contribution in [0.2, 0.25) is 0 Å². The normalized spacial score (nSPS) is 17.9. The average Bonchev–Trinajstić information content (AvgIpc) is 2.97. The van der Waals surface area contributed by atoms with Crippen molar-refractivity contribution >= 4 is 17.7 Å². The number of imide groups is 1. The lowest BCUT2D eigenvalue weighted by atomic mass is 9.77. The fraction of sp³-hybridized carbons (Fsp3) is 0.364. The molecule has 0 saturated carbocycles. The molecule has 1 aromatic heterocycles. The largest absolute Gasteiger partial charge is 1.00 e. The topological polar surface area (TPSA) is 70.8 Å². The van der Waals surface area contributed by atoms with E-state index in [0.29, 0.717) is 38.0 Å². The van der Waals surface area contributed by atoms with E-state index in [-0.39, 0.29) is 41.1 Å². The van der Waals surface area contributed by atoms with Crippen LogP contribution in [-0.4, -0.2) is 47.9 Å². The van der Waals surface area contributed by atoms with Crippen molar-refractivity contribution in [3.8, 4) is 0 Å². The number of piperidine rings is 1. The standard InChI is InChI=1S/C22H24N3O4.BrH/c1-29-25-19(26)14-22(21(25)28)9-12-24(13-10-22)20(27)18-8-5-11-23(16-18)15-17-6-3-2-4-7-17;/h2-8,11,16H,9-10,12-15H2,1H3;1H/q+1;/p-1. The van der Waals surface area contributed by atoms with Crippen LogP contribution in [0.3, 0.4) is 0 Å². The maximum atomic E-state index is 13.0. The Morgan fingerprint density at radius 1 is 1.10 bits per heavy atom. The number of hydrogen-bond donors (Lipinski definition) is 0. The van der Waals surface area contributed by atoms with E-state index in [9.17, 15) is 14.4 Å². The van der Waals surface area contributed by atoms with Gasteiger partial charge in [0.15, 0.2) is 18.9 Å². The van der Waals surface area contributed by atoms with E-state index in [1.54, 1.807) is 4.90 Å². The fourth-order valence-corrected chi connectivity index (χ4v) is 4.20. The molecular formula is C22H24BrN3O4. The van der Waals surface area contributed by atoms with E-state index in [0.717, 1.165) is 10.6 Å². The summed E-state index contributed by atoms with van der Waals surface area (Å²) < 4.78 is 1.99. The second-order valence-corrected chi connectivity index (χ2v) is 7.68. The summed E-state index contributed by atoms with van der Waals surface area (Å²) in [6.45, 7) is 1.58. The van der Waals surface area contributed by atoms with Gasteiger partial charge in [0.25, 0.3) is 17.7 Å². The van der Waals surface area contributed by atoms with E-state index in [2.05, 4.69) is 12.1 Å². The van der Waals surface area contributed by atoms with Crippen molar-refractivity contribution in [2.75, 3.05) is 20.2 Å². The van der Waals surface area contributed by atoms with Crippen LogP contribution in [0, 0.1) is 5.41 Å². The average molecular weight is 474 g/mol. The Balaban J connectivity index is 0.00000256. The molecule has 0 atom stereocenters. The van der Waals surface area contributed by atoms with E-state index in [1.165, 1.54) is 7.11 Å². The van der Waals surface area contributed by atoms with Crippen molar-refractivity contribution in [1.29, 1.82) is 0 Å². The molecular weight excluding hydrogens is 450 g/mol. The van der Waals surface area contributed by atoms with Gasteiger partial charge in [0.05, 0.1) is 12.5 Å². The van der Waals surface area contributed by atoms with E-state index in [4.69, 9.17) is 4.84 Å². The summed E-state index contributed by atoms with van der Waals surface area (Å²) in [7, 11) is 1.33. The number of rotatable bonds is 4. The minimum Gasteiger partial charge on any atom is -1.00 e. The van der Waals surface area contributed by atoms with Crippen molar-refractivity contribution in [1.82, 2.24) is 9.96 Å². The SMILES string of the molecule is CON1C(=O)CC2(CCN(C(=O)c3ccc[n+](Cc4ccccc4)c3)CC2)C1=O.[Br-]. The molecule has 0 unspecified atom stereocenters. The molecule has 2 aliphatic heterocycles. The maximum Gasteiger partial charge on any atom is 0.260 e. The lowest BCUT2D eigenvalue weighted by Gasteiger charge is -2.36. The predicted octanol–water partition coefficient (Wildman–Crippen LogP) is -1.43. The summed E-state index contributed by atoms with van der Waals surface area (Å²) >= 11 is 0. The molecule has 1 spiro atoms. The molecule has 158 valence electrons. The van der Waals surface area contributed by atoms with Gasteiger partial charge in [-0.15, -0.1) is 0 Å². The Bertz CT molecular complexity index is 942. The van der Waals surface area contributed by atoms with Crippen molar-refractivity contribution in [2.24, 2.45) is 5.41 Å². The van der Waals surface area contributed by atoms with Crippen LogP contribution in [0.4, 0.5) is 0 Å². The Morgan fingerprint density at radius 2 is 1.80 bits per heavy atom. The van der Waals surface area contributed by atoms with Crippen molar-refractivity contribution in [3.05, 3.63) is 66.0 Å². The molecule has 0 N–H and O–H groups in total. The highest BCUT2D eigenvalue weighted by Gasteiger charge is 2.53. The van der Waals surface area contributed by atoms with Gasteiger partial charge in [-0.1, -0.05) is 30.3 Å². The molecule has 2 aliphatic rings. The number of hydrogen-bond acceptors (Lipinski definition) is 4. The van der Waals surface area contributed by atoms with Crippen LogP contribution in [0.1, 0.15) is 35.2 Å². The Kier molecular flexibility index (Phi) is 6.67. The van der Waals surface area contributed by atoms with Gasteiger partial charge in [-0.05, 0) is 18.9 Å². The summed E-state index contributed by atoms with van der Waals surface area (Å²) in [5.41, 5.74) is 1.05. The molecule has 8 heteroatoms. The molecule has 3 amide bonds. The second-order valence-electron chi connectivity index (χ2n) is 7.68. The van der Waals surface area contributed by atoms with Crippen molar-refractivity contribution in [2.45, 2.75) is 25.8 Å². The number of carbonyl (C=O) groups is 3. The maximum absolute atomic E-state index is 13.0. The molecule has 2 fully saturated rings. The molecule has 0 aliphatic carbocycles. The highest BCUT2D eigenvalue weighted by Crippen LogP contribution is 2.42.